The Balaban J connectivity index is 1.51. The van der Waals surface area contributed by atoms with Gasteiger partial charge in [-0.05, 0) is 28.9 Å². The molecule has 0 saturated carbocycles. The van der Waals surface area contributed by atoms with E-state index >= 15 is 0 Å². The fourth-order valence-corrected chi connectivity index (χ4v) is 7.14. The van der Waals surface area contributed by atoms with Crippen LogP contribution in [-0.2, 0) is 18.9 Å². The topological polar surface area (TPSA) is 142 Å². The fourth-order valence-electron chi connectivity index (χ4n) is 4.56. The average Bonchev–Trinajstić information content (AvgIpc) is 3.40. The molecule has 3 aromatic rings. The van der Waals surface area contributed by atoms with Crippen molar-refractivity contribution in [1.29, 1.82) is 5.26 Å². The molecule has 2 aliphatic heterocycles. The first-order valence-electron chi connectivity index (χ1n) is 12.3. The molecule has 2 aromatic heterocycles. The summed E-state index contributed by atoms with van der Waals surface area (Å²) in [6.07, 6.45) is 0.943. The van der Waals surface area contributed by atoms with Gasteiger partial charge in [0.1, 0.15) is 46.0 Å². The first kappa shape index (κ1) is 29.2. The Kier molecular flexibility index (Phi) is 9.62. The zero-order chi connectivity index (χ0) is 28.2. The SMILES string of the molecule is CCOC1C(Sc2cc(Br)cnc2C#N)OC2COC(c3ccccc3)OC2C1N(N)/C=C(\N)c1nc(Cl)cs1. The van der Waals surface area contributed by atoms with Crippen molar-refractivity contribution in [3.05, 3.63) is 80.1 Å². The van der Waals surface area contributed by atoms with E-state index in [-0.39, 0.29) is 12.3 Å². The molecule has 0 spiro atoms. The van der Waals surface area contributed by atoms with Gasteiger partial charge in [-0.3, -0.25) is 0 Å². The molecule has 2 fully saturated rings. The lowest BCUT2D eigenvalue weighted by atomic mass is 9.95. The molecule has 0 amide bonds. The second-order valence-electron chi connectivity index (χ2n) is 8.87. The van der Waals surface area contributed by atoms with E-state index in [0.717, 1.165) is 10.0 Å². The molecular weight excluding hydrogens is 640 g/mol. The molecule has 0 aliphatic carbocycles. The number of aromatic nitrogens is 2. The molecule has 14 heteroatoms. The summed E-state index contributed by atoms with van der Waals surface area (Å²) < 4.78 is 26.1. The predicted octanol–water partition coefficient (Wildman–Crippen LogP) is 4.66. The van der Waals surface area contributed by atoms with Gasteiger partial charge in [-0.2, -0.15) is 5.26 Å². The van der Waals surface area contributed by atoms with Crippen molar-refractivity contribution in [2.75, 3.05) is 13.2 Å². The summed E-state index contributed by atoms with van der Waals surface area (Å²) in [6, 6.07) is 13.1. The lowest BCUT2D eigenvalue weighted by Gasteiger charge is -2.51. The molecular formula is C26H26BrClN6O4S2. The third kappa shape index (κ3) is 6.46. The van der Waals surface area contributed by atoms with Gasteiger partial charge >= 0.3 is 0 Å². The zero-order valence-electron chi connectivity index (χ0n) is 21.2. The number of hydrogen-bond acceptors (Lipinski definition) is 12. The highest BCUT2D eigenvalue weighted by Gasteiger charge is 2.52. The molecule has 1 aromatic carbocycles. The van der Waals surface area contributed by atoms with Crippen molar-refractivity contribution in [2.45, 2.75) is 47.9 Å². The lowest BCUT2D eigenvalue weighted by Crippen LogP contribution is -2.67. The molecule has 6 atom stereocenters. The Hall–Kier alpha value is -2.25. The molecule has 40 heavy (non-hydrogen) atoms. The van der Waals surface area contributed by atoms with Gasteiger partial charge in [-0.1, -0.05) is 53.7 Å². The first-order valence-corrected chi connectivity index (χ1v) is 15.2. The Bertz CT molecular complexity index is 1390. The second-order valence-corrected chi connectivity index (χ2v) is 12.2. The third-order valence-electron chi connectivity index (χ3n) is 6.26. The van der Waals surface area contributed by atoms with Crippen LogP contribution >= 0.6 is 50.6 Å². The number of ether oxygens (including phenoxy) is 4. The van der Waals surface area contributed by atoms with E-state index in [2.05, 4.69) is 32.0 Å². The minimum absolute atomic E-state index is 0.258. The number of rotatable bonds is 8. The maximum absolute atomic E-state index is 9.66. The molecule has 4 heterocycles. The zero-order valence-corrected chi connectivity index (χ0v) is 25.2. The highest BCUT2D eigenvalue weighted by molar-refractivity contribution is 9.10. The standard InChI is InChI=1S/C26H26BrClN6O4S2/c1-2-35-23-21(34(31)11-16(30)24-33-20(28)13-39-24)22-18(12-36-25(38-22)14-6-4-3-5-7-14)37-26(23)40-19-8-15(27)10-32-17(19)9-29/h3-8,10-11,13,18,21-23,25-26H,2,12,30-31H2,1H3/b16-11-. The highest BCUT2D eigenvalue weighted by atomic mass is 79.9. The predicted molar refractivity (Wildman–Crippen MR) is 156 cm³/mol. The van der Waals surface area contributed by atoms with Crippen molar-refractivity contribution >= 4 is 56.3 Å². The normalized spacial score (nSPS) is 26.6. The van der Waals surface area contributed by atoms with Crippen LogP contribution in [-0.4, -0.2) is 58.0 Å². The van der Waals surface area contributed by atoms with E-state index in [4.69, 9.17) is 42.1 Å². The Morgan fingerprint density at radius 2 is 2.17 bits per heavy atom. The van der Waals surface area contributed by atoms with Crippen molar-refractivity contribution < 1.29 is 18.9 Å². The number of hydrogen-bond donors (Lipinski definition) is 2. The van der Waals surface area contributed by atoms with Crippen LogP contribution in [0.15, 0.2) is 63.5 Å². The molecule has 5 rings (SSSR count). The van der Waals surface area contributed by atoms with Crippen molar-refractivity contribution in [3.63, 3.8) is 0 Å². The second kappa shape index (κ2) is 13.2. The average molecular weight is 666 g/mol. The van der Waals surface area contributed by atoms with Gasteiger partial charge in [0.05, 0.1) is 12.3 Å². The largest absolute Gasteiger partial charge is 0.395 e. The maximum Gasteiger partial charge on any atom is 0.184 e. The number of halogens is 2. The number of nitrogens with two attached hydrogens (primary N) is 2. The number of thiazole rings is 1. The minimum atomic E-state index is -0.619. The van der Waals surface area contributed by atoms with E-state index in [9.17, 15) is 5.26 Å². The number of nitriles is 1. The van der Waals surface area contributed by atoms with Gasteiger partial charge in [-0.15, -0.1) is 11.3 Å². The molecule has 4 N–H and O–H groups in total. The summed E-state index contributed by atoms with van der Waals surface area (Å²) in [4.78, 5) is 9.12. The number of fused-ring (bicyclic) bond motifs is 1. The fraction of sp³-hybridized carbons (Fsp3) is 0.346. The summed E-state index contributed by atoms with van der Waals surface area (Å²) in [6.45, 7) is 2.54. The summed E-state index contributed by atoms with van der Waals surface area (Å²) in [5, 5.41) is 13.7. The maximum atomic E-state index is 9.66. The van der Waals surface area contributed by atoms with E-state index in [1.54, 1.807) is 17.8 Å². The number of benzene rings is 1. The van der Waals surface area contributed by atoms with Crippen LogP contribution in [0.1, 0.15) is 29.5 Å². The highest BCUT2D eigenvalue weighted by Crippen LogP contribution is 2.42. The molecule has 0 radical (unpaired) electrons. The van der Waals surface area contributed by atoms with Crippen LogP contribution in [0.3, 0.4) is 0 Å². The third-order valence-corrected chi connectivity index (χ3v) is 9.09. The number of pyridine rings is 1. The van der Waals surface area contributed by atoms with E-state index in [0.29, 0.717) is 27.4 Å². The van der Waals surface area contributed by atoms with E-state index in [1.807, 2.05) is 43.3 Å². The molecule has 0 bridgehead atoms. The van der Waals surface area contributed by atoms with Crippen molar-refractivity contribution in [1.82, 2.24) is 15.0 Å². The number of nitrogens with zero attached hydrogens (tertiary/aromatic N) is 4. The molecule has 210 valence electrons. The van der Waals surface area contributed by atoms with Crippen LogP contribution in [0.5, 0.6) is 0 Å². The van der Waals surface area contributed by atoms with Gasteiger partial charge in [0.2, 0.25) is 0 Å². The number of thioether (sulfide) groups is 1. The van der Waals surface area contributed by atoms with E-state index in [1.165, 1.54) is 28.1 Å². The summed E-state index contributed by atoms with van der Waals surface area (Å²) in [5.74, 6) is 6.72. The Morgan fingerprint density at radius 3 is 2.88 bits per heavy atom. The van der Waals surface area contributed by atoms with Gasteiger partial charge in [0, 0.05) is 39.3 Å². The molecule has 2 aliphatic rings. The lowest BCUT2D eigenvalue weighted by molar-refractivity contribution is -0.311. The molecule has 10 nitrogen and oxygen atoms in total. The molecule has 2 saturated heterocycles. The summed E-state index contributed by atoms with van der Waals surface area (Å²) >= 11 is 12.1. The molecule has 6 unspecified atom stereocenters. The first-order chi connectivity index (χ1) is 19.4. The van der Waals surface area contributed by atoms with Gasteiger partial charge in [0.25, 0.3) is 0 Å². The number of hydrazine groups is 1. The van der Waals surface area contributed by atoms with Crippen LogP contribution in [0.4, 0.5) is 0 Å². The van der Waals surface area contributed by atoms with E-state index < -0.39 is 36.1 Å². The van der Waals surface area contributed by atoms with Crippen LogP contribution < -0.4 is 11.6 Å². The van der Waals surface area contributed by atoms with Crippen molar-refractivity contribution in [2.24, 2.45) is 11.6 Å². The summed E-state index contributed by atoms with van der Waals surface area (Å²) in [7, 11) is 0. The summed E-state index contributed by atoms with van der Waals surface area (Å²) in [5.41, 5.74) is 7.29. The van der Waals surface area contributed by atoms with Crippen LogP contribution in [0.25, 0.3) is 5.70 Å². The van der Waals surface area contributed by atoms with Gasteiger partial charge < -0.3 is 29.7 Å². The minimum Gasteiger partial charge on any atom is -0.395 e. The smallest absolute Gasteiger partial charge is 0.184 e. The van der Waals surface area contributed by atoms with Crippen LogP contribution in [0, 0.1) is 11.3 Å². The van der Waals surface area contributed by atoms with Gasteiger partial charge in [0.15, 0.2) is 12.0 Å². The quantitative estimate of drug-likeness (QED) is 0.256. The monoisotopic (exact) mass is 664 g/mol. The Labute approximate surface area is 253 Å². The van der Waals surface area contributed by atoms with Crippen LogP contribution in [0.2, 0.25) is 5.15 Å². The van der Waals surface area contributed by atoms with Crippen molar-refractivity contribution in [3.8, 4) is 6.07 Å². The Morgan fingerprint density at radius 1 is 1.38 bits per heavy atom. The van der Waals surface area contributed by atoms with Gasteiger partial charge in [-0.25, -0.2) is 15.8 Å².